The van der Waals surface area contributed by atoms with Crippen LogP contribution in [0.4, 0.5) is 17.1 Å². The Hall–Kier alpha value is -4.15. The quantitative estimate of drug-likeness (QED) is 0.237. The molecule has 0 amide bonds. The molecule has 0 saturated carbocycles. The van der Waals surface area contributed by atoms with Crippen molar-refractivity contribution in [1.29, 1.82) is 0 Å². The van der Waals surface area contributed by atoms with Crippen LogP contribution in [0, 0.1) is 0 Å². The van der Waals surface area contributed by atoms with Crippen molar-refractivity contribution in [3.63, 3.8) is 0 Å². The van der Waals surface area contributed by atoms with Gasteiger partial charge in [0.25, 0.3) is 0 Å². The minimum Gasteiger partial charge on any atom is -0.355 e. The molecule has 6 rings (SSSR count). The van der Waals surface area contributed by atoms with Gasteiger partial charge in [0.05, 0.1) is 5.41 Å². The summed E-state index contributed by atoms with van der Waals surface area (Å²) in [6.45, 7) is 16.5. The molecule has 0 radical (unpaired) electrons. The van der Waals surface area contributed by atoms with Crippen LogP contribution in [0.25, 0.3) is 0 Å². The molecule has 0 unspecified atom stereocenters. The summed E-state index contributed by atoms with van der Waals surface area (Å²) < 4.78 is 2.48. The largest absolute Gasteiger partial charge is 0.355 e. The molecule has 4 nitrogen and oxygen atoms in total. The van der Waals surface area contributed by atoms with E-state index in [1.54, 1.807) is 0 Å². The fourth-order valence-electron chi connectivity index (χ4n) is 7.81. The highest BCUT2D eigenvalue weighted by Crippen LogP contribution is 2.47. The van der Waals surface area contributed by atoms with Crippen LogP contribution in [-0.2, 0) is 17.3 Å². The van der Waals surface area contributed by atoms with Crippen LogP contribution in [0.1, 0.15) is 77.5 Å². The van der Waals surface area contributed by atoms with Crippen LogP contribution < -0.4 is 16.0 Å². The molecular formula is C42H51N4+. The van der Waals surface area contributed by atoms with Gasteiger partial charge < -0.3 is 16.0 Å². The van der Waals surface area contributed by atoms with Gasteiger partial charge in [0.2, 0.25) is 5.69 Å². The van der Waals surface area contributed by atoms with E-state index in [0.29, 0.717) is 6.54 Å². The number of likely N-dealkylation sites (N-methyl/N-ethyl adjacent to an activating group) is 1. The van der Waals surface area contributed by atoms with E-state index in [0.717, 1.165) is 44.5 Å². The van der Waals surface area contributed by atoms with Crippen molar-refractivity contribution in [2.24, 2.45) is 5.73 Å². The maximum Gasteiger partial charge on any atom is 0.209 e. The van der Waals surface area contributed by atoms with Crippen molar-refractivity contribution >= 4 is 22.8 Å². The van der Waals surface area contributed by atoms with Crippen molar-refractivity contribution in [2.75, 3.05) is 29.9 Å². The first-order valence-corrected chi connectivity index (χ1v) is 17.2. The van der Waals surface area contributed by atoms with E-state index >= 15 is 0 Å². The fourth-order valence-corrected chi connectivity index (χ4v) is 7.81. The number of hydrogen-bond donors (Lipinski definition) is 2. The summed E-state index contributed by atoms with van der Waals surface area (Å²) >= 11 is 0. The maximum absolute atomic E-state index is 5.84. The summed E-state index contributed by atoms with van der Waals surface area (Å²) in [6.07, 6.45) is 13.7. The van der Waals surface area contributed by atoms with Crippen molar-refractivity contribution < 1.29 is 4.58 Å². The van der Waals surface area contributed by atoms with E-state index in [4.69, 9.17) is 5.73 Å². The topological polar surface area (TPSA) is 44.3 Å². The van der Waals surface area contributed by atoms with Gasteiger partial charge in [0.15, 0.2) is 5.71 Å². The Morgan fingerprint density at radius 2 is 1.54 bits per heavy atom. The number of nitrogens with zero attached hydrogens (tertiary/aromatic N) is 2. The third-order valence-electron chi connectivity index (χ3n) is 10.3. The van der Waals surface area contributed by atoms with E-state index in [-0.39, 0.29) is 10.8 Å². The second-order valence-electron chi connectivity index (χ2n) is 13.8. The molecule has 3 aromatic carbocycles. The number of rotatable bonds is 9. The van der Waals surface area contributed by atoms with E-state index in [1.807, 2.05) is 0 Å². The van der Waals surface area contributed by atoms with Crippen molar-refractivity contribution in [3.05, 3.63) is 136 Å². The Morgan fingerprint density at radius 3 is 2.26 bits per heavy atom. The molecule has 0 bridgehead atoms. The van der Waals surface area contributed by atoms with E-state index in [9.17, 15) is 0 Å². The summed E-state index contributed by atoms with van der Waals surface area (Å²) in [5.41, 5.74) is 20.2. The molecule has 4 heteroatoms. The fraction of sp³-hybridized carbons (Fsp3) is 0.357. The minimum atomic E-state index is -0.0551. The standard InChI is InChI=1S/C42H50N4/c1-7-45-36-18-11-9-16-34(36)41(3,4)38(45)26-22-31-14-13-15-32(40(31)44-33-24-20-30(21-25-33)28-29-43)23-27-39-42(5,6)35-17-10-12-19-37(35)46(39)8-2/h9-12,16-27H,7-8,13-15,28-29,43H2,1-6H3/p+1/b31-22+,38-26+. The highest BCUT2D eigenvalue weighted by Gasteiger charge is 2.43. The van der Waals surface area contributed by atoms with Crippen molar-refractivity contribution in [1.82, 2.24) is 0 Å². The number of fused-ring (bicyclic) bond motifs is 2. The first-order chi connectivity index (χ1) is 22.2. The highest BCUT2D eigenvalue weighted by molar-refractivity contribution is 6.03. The first-order valence-electron chi connectivity index (χ1n) is 17.2. The molecule has 0 saturated heterocycles. The predicted octanol–water partition coefficient (Wildman–Crippen LogP) is 9.32. The van der Waals surface area contributed by atoms with Crippen LogP contribution in [-0.4, -0.2) is 29.9 Å². The zero-order valence-electron chi connectivity index (χ0n) is 28.7. The summed E-state index contributed by atoms with van der Waals surface area (Å²) in [7, 11) is 0. The number of para-hydroxylation sites is 2. The normalized spacial score (nSPS) is 20.3. The van der Waals surface area contributed by atoms with Gasteiger partial charge in [-0.05, 0) is 106 Å². The van der Waals surface area contributed by atoms with Gasteiger partial charge in [-0.3, -0.25) is 0 Å². The van der Waals surface area contributed by atoms with Gasteiger partial charge >= 0.3 is 0 Å². The van der Waals surface area contributed by atoms with E-state index in [2.05, 4.69) is 153 Å². The molecule has 0 atom stereocenters. The molecular weight excluding hydrogens is 560 g/mol. The zero-order valence-corrected chi connectivity index (χ0v) is 28.7. The maximum atomic E-state index is 5.84. The molecule has 46 heavy (non-hydrogen) atoms. The average molecular weight is 612 g/mol. The number of hydrogen-bond acceptors (Lipinski definition) is 3. The smallest absolute Gasteiger partial charge is 0.209 e. The van der Waals surface area contributed by atoms with Gasteiger partial charge in [0, 0.05) is 52.4 Å². The third kappa shape index (κ3) is 5.69. The molecule has 0 fully saturated rings. The highest BCUT2D eigenvalue weighted by atomic mass is 15.2. The van der Waals surface area contributed by atoms with Gasteiger partial charge in [-0.15, -0.1) is 0 Å². The lowest BCUT2D eigenvalue weighted by molar-refractivity contribution is -0.433. The SMILES string of the molecule is CCN1/C(=C/C=C2\CCCC(/C=C/C3=[N+](CC)c4ccccc4C3(C)C)=C2Nc2ccc(CCN)cc2)C(C)(C)c2ccccc21. The molecule has 0 aromatic heterocycles. The van der Waals surface area contributed by atoms with Gasteiger partial charge in [-0.25, -0.2) is 0 Å². The predicted molar refractivity (Wildman–Crippen MR) is 196 cm³/mol. The Kier molecular flexibility index (Phi) is 8.94. The Morgan fingerprint density at radius 1 is 0.826 bits per heavy atom. The second kappa shape index (κ2) is 12.9. The Labute approximate surface area is 276 Å². The van der Waals surface area contributed by atoms with Gasteiger partial charge in [-0.2, -0.15) is 4.58 Å². The molecule has 2 aliphatic heterocycles. The summed E-state index contributed by atoms with van der Waals surface area (Å²) in [5.74, 6) is 0. The van der Waals surface area contributed by atoms with Crippen LogP contribution in [0.2, 0.25) is 0 Å². The number of nitrogens with two attached hydrogens (primary N) is 1. The lowest BCUT2D eigenvalue weighted by Gasteiger charge is -2.27. The zero-order chi connectivity index (χ0) is 32.5. The number of allylic oxidation sites excluding steroid dienone is 7. The Bertz CT molecular complexity index is 1760. The summed E-state index contributed by atoms with van der Waals surface area (Å²) in [6, 6.07) is 26.5. The van der Waals surface area contributed by atoms with Crippen LogP contribution in [0.15, 0.2) is 120 Å². The number of nitrogens with one attached hydrogen (secondary N) is 1. The third-order valence-corrected chi connectivity index (χ3v) is 10.3. The van der Waals surface area contributed by atoms with Gasteiger partial charge in [-0.1, -0.05) is 74.5 Å². The molecule has 1 aliphatic carbocycles. The van der Waals surface area contributed by atoms with Crippen LogP contribution in [0.5, 0.6) is 0 Å². The molecule has 3 aliphatic rings. The van der Waals surface area contributed by atoms with Crippen molar-refractivity contribution in [3.8, 4) is 0 Å². The van der Waals surface area contributed by atoms with Crippen LogP contribution in [0.3, 0.4) is 0 Å². The van der Waals surface area contributed by atoms with Crippen molar-refractivity contribution in [2.45, 2.75) is 78.1 Å². The molecule has 238 valence electrons. The molecule has 3 aromatic rings. The second-order valence-corrected chi connectivity index (χ2v) is 13.8. The van der Waals surface area contributed by atoms with E-state index < -0.39 is 0 Å². The molecule has 3 N–H and O–H groups in total. The summed E-state index contributed by atoms with van der Waals surface area (Å²) in [5, 5.41) is 3.89. The monoisotopic (exact) mass is 611 g/mol. The lowest BCUT2D eigenvalue weighted by atomic mass is 9.81. The minimum absolute atomic E-state index is 0.0551. The first kappa shape index (κ1) is 31.8. The Balaban J connectivity index is 1.43. The van der Waals surface area contributed by atoms with Crippen LogP contribution >= 0.6 is 0 Å². The number of benzene rings is 3. The average Bonchev–Trinajstić information content (AvgIpc) is 3.42. The van der Waals surface area contributed by atoms with Gasteiger partial charge in [0.1, 0.15) is 6.54 Å². The summed E-state index contributed by atoms with van der Waals surface area (Å²) in [4.78, 5) is 2.48. The number of anilines is 2. The lowest BCUT2D eigenvalue weighted by Crippen LogP contribution is -2.27. The molecule has 0 spiro atoms. The van der Waals surface area contributed by atoms with E-state index in [1.165, 1.54) is 56.3 Å². The molecule has 2 heterocycles.